The van der Waals surface area contributed by atoms with Crippen molar-refractivity contribution in [3.8, 4) is 0 Å². The monoisotopic (exact) mass is 313 g/mol. The summed E-state index contributed by atoms with van der Waals surface area (Å²) in [6.45, 7) is 3.67. The van der Waals surface area contributed by atoms with Gasteiger partial charge in [-0.1, -0.05) is 18.1 Å². The lowest BCUT2D eigenvalue weighted by atomic mass is 9.92. The Morgan fingerprint density at radius 2 is 2.39 bits per heavy atom. The number of rotatable bonds is 5. The van der Waals surface area contributed by atoms with Crippen molar-refractivity contribution in [2.75, 3.05) is 13.1 Å². The zero-order valence-corrected chi connectivity index (χ0v) is 13.6. The van der Waals surface area contributed by atoms with E-state index in [0.717, 1.165) is 51.0 Å². The van der Waals surface area contributed by atoms with Crippen molar-refractivity contribution < 1.29 is 9.32 Å². The van der Waals surface area contributed by atoms with Crippen molar-refractivity contribution in [3.63, 3.8) is 0 Å². The van der Waals surface area contributed by atoms with Crippen LogP contribution in [0.1, 0.15) is 48.0 Å². The molecule has 122 valence electrons. The van der Waals surface area contributed by atoms with Crippen LogP contribution in [0.4, 0.5) is 0 Å². The van der Waals surface area contributed by atoms with Crippen LogP contribution in [0.2, 0.25) is 0 Å². The summed E-state index contributed by atoms with van der Waals surface area (Å²) in [4.78, 5) is 18.7. The Bertz CT molecular complexity index is 639. The molecular formula is C18H23N3O2. The molecule has 1 fully saturated rings. The van der Waals surface area contributed by atoms with Crippen LogP contribution in [-0.4, -0.2) is 34.0 Å². The van der Waals surface area contributed by atoms with Gasteiger partial charge in [0.1, 0.15) is 5.76 Å². The third kappa shape index (κ3) is 3.97. The number of nitrogens with zero attached hydrogens (tertiary/aromatic N) is 3. The maximum Gasteiger partial charge on any atom is 0.276 e. The minimum absolute atomic E-state index is 0.00742. The Morgan fingerprint density at radius 3 is 3.17 bits per heavy atom. The van der Waals surface area contributed by atoms with Gasteiger partial charge in [0.25, 0.3) is 5.91 Å². The Balaban J connectivity index is 1.62. The third-order valence-corrected chi connectivity index (χ3v) is 4.33. The minimum atomic E-state index is -0.00742. The molecule has 0 aliphatic carbocycles. The Morgan fingerprint density at radius 1 is 1.48 bits per heavy atom. The first-order chi connectivity index (χ1) is 11.3. The zero-order valence-electron chi connectivity index (χ0n) is 13.6. The largest absolute Gasteiger partial charge is 0.361 e. The number of amides is 1. The van der Waals surface area contributed by atoms with Crippen LogP contribution in [0.25, 0.3) is 0 Å². The molecule has 1 saturated heterocycles. The van der Waals surface area contributed by atoms with Gasteiger partial charge in [-0.15, -0.1) is 0 Å². The average Bonchev–Trinajstić information content (AvgIpc) is 3.04. The molecule has 3 heterocycles. The molecule has 5 heteroatoms. The SMILES string of the molecule is CCCc1cc(C(=O)N2CCCC(Cc3cccnc3)C2)no1. The molecule has 0 spiro atoms. The summed E-state index contributed by atoms with van der Waals surface area (Å²) in [5, 5.41) is 3.94. The second kappa shape index (κ2) is 7.40. The van der Waals surface area contributed by atoms with Crippen molar-refractivity contribution in [3.05, 3.63) is 47.6 Å². The van der Waals surface area contributed by atoms with E-state index in [1.165, 1.54) is 5.56 Å². The van der Waals surface area contributed by atoms with Gasteiger partial charge in [0.15, 0.2) is 5.69 Å². The second-order valence-electron chi connectivity index (χ2n) is 6.25. The van der Waals surface area contributed by atoms with E-state index in [4.69, 9.17) is 4.52 Å². The molecule has 1 atom stereocenters. The molecule has 0 saturated carbocycles. The molecule has 23 heavy (non-hydrogen) atoms. The number of aryl methyl sites for hydroxylation is 1. The van der Waals surface area contributed by atoms with Gasteiger partial charge in [0.2, 0.25) is 0 Å². The predicted octanol–water partition coefficient (Wildman–Crippen LogP) is 3.12. The Labute approximate surface area is 136 Å². The fraction of sp³-hybridized carbons (Fsp3) is 0.500. The molecule has 3 rings (SSSR count). The van der Waals surface area contributed by atoms with Crippen molar-refractivity contribution >= 4 is 5.91 Å². The summed E-state index contributed by atoms with van der Waals surface area (Å²) in [6.07, 6.45) is 8.67. The first kappa shape index (κ1) is 15.7. The summed E-state index contributed by atoms with van der Waals surface area (Å²) in [5.74, 6) is 1.27. The number of piperidine rings is 1. The first-order valence-electron chi connectivity index (χ1n) is 8.40. The molecule has 1 aliphatic rings. The van der Waals surface area contributed by atoms with Crippen molar-refractivity contribution in [1.29, 1.82) is 0 Å². The van der Waals surface area contributed by atoms with Gasteiger partial charge in [-0.05, 0) is 43.2 Å². The van der Waals surface area contributed by atoms with E-state index in [-0.39, 0.29) is 5.91 Å². The van der Waals surface area contributed by atoms with Crippen LogP contribution < -0.4 is 0 Å². The molecule has 1 aliphatic heterocycles. The van der Waals surface area contributed by atoms with E-state index in [2.05, 4.69) is 23.1 Å². The van der Waals surface area contributed by atoms with Gasteiger partial charge in [-0.25, -0.2) is 0 Å². The van der Waals surface area contributed by atoms with E-state index >= 15 is 0 Å². The summed E-state index contributed by atoms with van der Waals surface area (Å²) in [5.41, 5.74) is 1.67. The molecule has 1 amide bonds. The van der Waals surface area contributed by atoms with Crippen LogP contribution in [-0.2, 0) is 12.8 Å². The van der Waals surface area contributed by atoms with E-state index in [9.17, 15) is 4.79 Å². The normalized spacial score (nSPS) is 18.1. The maximum atomic E-state index is 12.6. The fourth-order valence-corrected chi connectivity index (χ4v) is 3.21. The summed E-state index contributed by atoms with van der Waals surface area (Å²) >= 11 is 0. The standard InChI is InChI=1S/C18H23N3O2/c1-2-5-16-11-17(20-23-16)18(22)21-9-4-7-15(13-21)10-14-6-3-8-19-12-14/h3,6,8,11-12,15H,2,4-5,7,9-10,13H2,1H3. The summed E-state index contributed by atoms with van der Waals surface area (Å²) < 4.78 is 5.23. The van der Waals surface area contributed by atoms with Gasteiger partial charge in [0.05, 0.1) is 0 Å². The summed E-state index contributed by atoms with van der Waals surface area (Å²) in [7, 11) is 0. The van der Waals surface area contributed by atoms with Crippen LogP contribution in [0, 0.1) is 5.92 Å². The zero-order chi connectivity index (χ0) is 16.1. The van der Waals surface area contributed by atoms with E-state index in [1.54, 1.807) is 12.3 Å². The third-order valence-electron chi connectivity index (χ3n) is 4.33. The van der Waals surface area contributed by atoms with E-state index in [0.29, 0.717) is 11.6 Å². The molecule has 5 nitrogen and oxygen atoms in total. The van der Waals surface area contributed by atoms with Crippen molar-refractivity contribution in [1.82, 2.24) is 15.0 Å². The number of hydrogen-bond acceptors (Lipinski definition) is 4. The van der Waals surface area contributed by atoms with Crippen LogP contribution in [0.3, 0.4) is 0 Å². The number of likely N-dealkylation sites (tertiary alicyclic amines) is 1. The van der Waals surface area contributed by atoms with Gasteiger partial charge in [-0.2, -0.15) is 0 Å². The van der Waals surface area contributed by atoms with Gasteiger partial charge >= 0.3 is 0 Å². The quantitative estimate of drug-likeness (QED) is 0.851. The number of pyridine rings is 1. The van der Waals surface area contributed by atoms with E-state index < -0.39 is 0 Å². The molecule has 0 radical (unpaired) electrons. The lowest BCUT2D eigenvalue weighted by Gasteiger charge is -2.32. The van der Waals surface area contributed by atoms with Crippen molar-refractivity contribution in [2.45, 2.75) is 39.0 Å². The van der Waals surface area contributed by atoms with Crippen LogP contribution in [0.15, 0.2) is 35.1 Å². The fourth-order valence-electron chi connectivity index (χ4n) is 3.21. The summed E-state index contributed by atoms with van der Waals surface area (Å²) in [6, 6.07) is 5.85. The Hall–Kier alpha value is -2.17. The highest BCUT2D eigenvalue weighted by Gasteiger charge is 2.26. The van der Waals surface area contributed by atoms with Crippen LogP contribution >= 0.6 is 0 Å². The number of carbonyl (C=O) groups is 1. The average molecular weight is 313 g/mol. The van der Waals surface area contributed by atoms with Crippen molar-refractivity contribution in [2.24, 2.45) is 5.92 Å². The number of carbonyl (C=O) groups excluding carboxylic acids is 1. The second-order valence-corrected chi connectivity index (χ2v) is 6.25. The molecule has 1 unspecified atom stereocenters. The van der Waals surface area contributed by atoms with Gasteiger partial charge < -0.3 is 9.42 Å². The first-order valence-corrected chi connectivity index (χ1v) is 8.40. The molecule has 2 aromatic heterocycles. The molecule has 0 aromatic carbocycles. The highest BCUT2D eigenvalue weighted by molar-refractivity contribution is 5.92. The maximum absolute atomic E-state index is 12.6. The number of hydrogen-bond donors (Lipinski definition) is 0. The van der Waals surface area contributed by atoms with Gasteiger partial charge in [0, 0.05) is 38.0 Å². The lowest BCUT2D eigenvalue weighted by molar-refractivity contribution is 0.0663. The highest BCUT2D eigenvalue weighted by atomic mass is 16.5. The topological polar surface area (TPSA) is 59.2 Å². The predicted molar refractivity (Wildman–Crippen MR) is 87.1 cm³/mol. The van der Waals surface area contributed by atoms with E-state index in [1.807, 2.05) is 17.2 Å². The minimum Gasteiger partial charge on any atom is -0.361 e. The number of aromatic nitrogens is 2. The molecule has 2 aromatic rings. The molecular weight excluding hydrogens is 290 g/mol. The lowest BCUT2D eigenvalue weighted by Crippen LogP contribution is -2.40. The smallest absolute Gasteiger partial charge is 0.276 e. The highest BCUT2D eigenvalue weighted by Crippen LogP contribution is 2.22. The molecule has 0 N–H and O–H groups in total. The Kier molecular flexibility index (Phi) is 5.05. The van der Waals surface area contributed by atoms with Gasteiger partial charge in [-0.3, -0.25) is 9.78 Å². The van der Waals surface area contributed by atoms with Crippen LogP contribution in [0.5, 0.6) is 0 Å². The molecule has 0 bridgehead atoms.